The lowest BCUT2D eigenvalue weighted by atomic mass is 9.85. The number of hydrogen-bond donors (Lipinski definition) is 0. The maximum atomic E-state index is 11.8. The zero-order chi connectivity index (χ0) is 13.9. The largest absolute Gasteiger partial charge is 0.460 e. The van der Waals surface area contributed by atoms with Crippen LogP contribution in [-0.2, 0) is 4.74 Å². The van der Waals surface area contributed by atoms with Gasteiger partial charge in [-0.3, -0.25) is 0 Å². The van der Waals surface area contributed by atoms with E-state index in [2.05, 4.69) is 10.1 Å². The van der Waals surface area contributed by atoms with Crippen LogP contribution in [0.5, 0.6) is 0 Å². The number of benzene rings is 1. The van der Waals surface area contributed by atoms with Crippen LogP contribution < -0.4 is 0 Å². The van der Waals surface area contributed by atoms with Crippen LogP contribution in [-0.4, -0.2) is 27.3 Å². The average Bonchev–Trinajstić information content (AvgIpc) is 2.83. The molecule has 1 heterocycles. The summed E-state index contributed by atoms with van der Waals surface area (Å²) in [4.78, 5) is 16.2. The van der Waals surface area contributed by atoms with Crippen molar-refractivity contribution in [1.82, 2.24) is 14.8 Å². The number of carbonyl (C=O) groups excluding carboxylic acids is 1. The lowest BCUT2D eigenvalue weighted by Gasteiger charge is -2.24. The van der Waals surface area contributed by atoms with Crippen molar-refractivity contribution in [1.29, 1.82) is 0 Å². The number of para-hydroxylation sites is 1. The standard InChI is InChI=1S/C15H17N3O2/c1-2-20-15(19)13-16-14(11-7-6-8-11)18(17-13)12-9-4-3-5-10-12/h3-5,9-11H,2,6-8H2,1H3. The summed E-state index contributed by atoms with van der Waals surface area (Å²) in [6.45, 7) is 2.11. The van der Waals surface area contributed by atoms with Crippen molar-refractivity contribution in [3.63, 3.8) is 0 Å². The molecule has 0 amide bonds. The molecule has 0 N–H and O–H groups in total. The van der Waals surface area contributed by atoms with Gasteiger partial charge in [0.25, 0.3) is 5.82 Å². The molecule has 0 spiro atoms. The molecule has 1 saturated carbocycles. The van der Waals surface area contributed by atoms with E-state index in [1.807, 2.05) is 30.3 Å². The van der Waals surface area contributed by atoms with Crippen LogP contribution >= 0.6 is 0 Å². The Morgan fingerprint density at radius 3 is 2.70 bits per heavy atom. The number of hydrogen-bond acceptors (Lipinski definition) is 4. The van der Waals surface area contributed by atoms with E-state index in [1.165, 1.54) is 6.42 Å². The minimum atomic E-state index is -0.456. The Kier molecular flexibility index (Phi) is 3.50. The summed E-state index contributed by atoms with van der Waals surface area (Å²) < 4.78 is 6.76. The Bertz CT molecular complexity index is 603. The zero-order valence-corrected chi connectivity index (χ0v) is 11.5. The summed E-state index contributed by atoms with van der Waals surface area (Å²) >= 11 is 0. The topological polar surface area (TPSA) is 57.0 Å². The third-order valence-electron chi connectivity index (χ3n) is 3.56. The van der Waals surface area contributed by atoms with Gasteiger partial charge in [0.1, 0.15) is 5.82 Å². The first kappa shape index (κ1) is 12.8. The summed E-state index contributed by atoms with van der Waals surface area (Å²) in [6.07, 6.45) is 3.42. The fraction of sp³-hybridized carbons (Fsp3) is 0.400. The fourth-order valence-electron chi connectivity index (χ4n) is 2.30. The monoisotopic (exact) mass is 271 g/mol. The van der Waals surface area contributed by atoms with Gasteiger partial charge in [-0.25, -0.2) is 14.5 Å². The van der Waals surface area contributed by atoms with E-state index >= 15 is 0 Å². The number of carbonyl (C=O) groups is 1. The van der Waals surface area contributed by atoms with Crippen LogP contribution in [0.2, 0.25) is 0 Å². The second kappa shape index (κ2) is 5.45. The summed E-state index contributed by atoms with van der Waals surface area (Å²) in [6, 6.07) is 9.78. The molecule has 3 rings (SSSR count). The van der Waals surface area contributed by atoms with Crippen LogP contribution in [0.1, 0.15) is 48.5 Å². The molecule has 20 heavy (non-hydrogen) atoms. The highest BCUT2D eigenvalue weighted by atomic mass is 16.5. The van der Waals surface area contributed by atoms with Gasteiger partial charge in [0.05, 0.1) is 12.3 Å². The quantitative estimate of drug-likeness (QED) is 0.802. The van der Waals surface area contributed by atoms with Crippen molar-refractivity contribution in [3.05, 3.63) is 42.0 Å². The van der Waals surface area contributed by atoms with E-state index in [4.69, 9.17) is 4.74 Å². The van der Waals surface area contributed by atoms with Crippen LogP contribution in [0.4, 0.5) is 0 Å². The Labute approximate surface area is 117 Å². The van der Waals surface area contributed by atoms with Crippen LogP contribution in [0.3, 0.4) is 0 Å². The Morgan fingerprint density at radius 2 is 2.10 bits per heavy atom. The summed E-state index contributed by atoms with van der Waals surface area (Å²) in [5.41, 5.74) is 0.928. The molecule has 5 nitrogen and oxygen atoms in total. The molecule has 104 valence electrons. The van der Waals surface area contributed by atoms with Crippen molar-refractivity contribution < 1.29 is 9.53 Å². The first-order chi connectivity index (χ1) is 9.79. The van der Waals surface area contributed by atoms with Gasteiger partial charge >= 0.3 is 5.97 Å². The van der Waals surface area contributed by atoms with Gasteiger partial charge in [0, 0.05) is 5.92 Å². The molecule has 5 heteroatoms. The number of ether oxygens (including phenoxy) is 1. The smallest absolute Gasteiger partial charge is 0.378 e. The van der Waals surface area contributed by atoms with Gasteiger partial charge in [-0.15, -0.1) is 5.10 Å². The molecule has 0 unspecified atom stereocenters. The SMILES string of the molecule is CCOC(=O)c1nc(C2CCC2)n(-c2ccccc2)n1. The maximum absolute atomic E-state index is 11.8. The molecule has 0 saturated heterocycles. The molecular weight excluding hydrogens is 254 g/mol. The van der Waals surface area contributed by atoms with Gasteiger partial charge in [-0.05, 0) is 31.9 Å². The molecule has 1 aromatic heterocycles. The normalized spacial score (nSPS) is 14.8. The highest BCUT2D eigenvalue weighted by molar-refractivity contribution is 5.85. The molecular formula is C15H17N3O2. The molecule has 0 radical (unpaired) electrons. The summed E-state index contributed by atoms with van der Waals surface area (Å²) in [7, 11) is 0. The van der Waals surface area contributed by atoms with E-state index < -0.39 is 5.97 Å². The van der Waals surface area contributed by atoms with E-state index in [0.29, 0.717) is 12.5 Å². The second-order valence-corrected chi connectivity index (χ2v) is 4.89. The molecule has 0 atom stereocenters. The number of aromatic nitrogens is 3. The minimum Gasteiger partial charge on any atom is -0.460 e. The van der Waals surface area contributed by atoms with Crippen molar-refractivity contribution in [2.24, 2.45) is 0 Å². The number of esters is 1. The zero-order valence-electron chi connectivity index (χ0n) is 11.5. The predicted molar refractivity (Wildman–Crippen MR) is 73.9 cm³/mol. The number of nitrogens with zero attached hydrogens (tertiary/aromatic N) is 3. The molecule has 1 aromatic carbocycles. The van der Waals surface area contributed by atoms with Crippen molar-refractivity contribution in [2.75, 3.05) is 6.61 Å². The molecule has 1 fully saturated rings. The molecule has 1 aliphatic rings. The average molecular weight is 271 g/mol. The first-order valence-electron chi connectivity index (χ1n) is 6.99. The fourth-order valence-corrected chi connectivity index (χ4v) is 2.30. The van der Waals surface area contributed by atoms with Crippen LogP contribution in [0, 0.1) is 0 Å². The van der Waals surface area contributed by atoms with Crippen molar-refractivity contribution in [2.45, 2.75) is 32.1 Å². The van der Waals surface area contributed by atoms with E-state index in [0.717, 1.165) is 24.4 Å². The van der Waals surface area contributed by atoms with Gasteiger partial charge in [0.15, 0.2) is 0 Å². The van der Waals surface area contributed by atoms with Crippen molar-refractivity contribution in [3.8, 4) is 5.69 Å². The van der Waals surface area contributed by atoms with E-state index in [9.17, 15) is 4.79 Å². The maximum Gasteiger partial charge on any atom is 0.378 e. The third-order valence-corrected chi connectivity index (χ3v) is 3.56. The lowest BCUT2D eigenvalue weighted by molar-refractivity contribution is 0.0512. The molecule has 1 aliphatic carbocycles. The van der Waals surface area contributed by atoms with Gasteiger partial charge in [0.2, 0.25) is 0 Å². The molecule has 0 bridgehead atoms. The van der Waals surface area contributed by atoms with E-state index in [1.54, 1.807) is 11.6 Å². The second-order valence-electron chi connectivity index (χ2n) is 4.89. The highest BCUT2D eigenvalue weighted by Crippen LogP contribution is 2.36. The number of rotatable bonds is 4. The molecule has 2 aromatic rings. The Morgan fingerprint density at radius 1 is 1.35 bits per heavy atom. The van der Waals surface area contributed by atoms with Gasteiger partial charge < -0.3 is 4.74 Å². The predicted octanol–water partition coefficient (Wildman–Crippen LogP) is 2.71. The lowest BCUT2D eigenvalue weighted by Crippen LogP contribution is -2.15. The van der Waals surface area contributed by atoms with Crippen molar-refractivity contribution >= 4 is 5.97 Å². The van der Waals surface area contributed by atoms with Crippen LogP contribution in [0.15, 0.2) is 30.3 Å². The van der Waals surface area contributed by atoms with Crippen LogP contribution in [0.25, 0.3) is 5.69 Å². The first-order valence-corrected chi connectivity index (χ1v) is 6.99. The Hall–Kier alpha value is -2.17. The van der Waals surface area contributed by atoms with E-state index in [-0.39, 0.29) is 5.82 Å². The summed E-state index contributed by atoms with van der Waals surface area (Å²) in [5.74, 6) is 0.955. The highest BCUT2D eigenvalue weighted by Gasteiger charge is 2.28. The minimum absolute atomic E-state index is 0.151. The Balaban J connectivity index is 2.00. The summed E-state index contributed by atoms with van der Waals surface area (Å²) in [5, 5.41) is 4.33. The molecule has 0 aliphatic heterocycles. The van der Waals surface area contributed by atoms with Gasteiger partial charge in [-0.2, -0.15) is 0 Å². The van der Waals surface area contributed by atoms with Gasteiger partial charge in [-0.1, -0.05) is 24.6 Å². The third kappa shape index (κ3) is 2.31.